The molecule has 0 saturated heterocycles. The molecule has 0 amide bonds. The fourth-order valence-corrected chi connectivity index (χ4v) is 4.04. The summed E-state index contributed by atoms with van der Waals surface area (Å²) in [5.74, 6) is 0.262. The predicted molar refractivity (Wildman–Crippen MR) is 79.9 cm³/mol. The Hall–Kier alpha value is -0.850. The molecule has 1 aromatic heterocycles. The van der Waals surface area contributed by atoms with Crippen molar-refractivity contribution in [3.63, 3.8) is 0 Å². The molecular formula is C14H26N2O3S. The number of aliphatic hydroxyl groups excluding tert-OH is 1. The highest BCUT2D eigenvalue weighted by Crippen LogP contribution is 2.22. The smallest absolute Gasteiger partial charge is 0.244 e. The van der Waals surface area contributed by atoms with Gasteiger partial charge >= 0.3 is 0 Å². The Labute approximate surface area is 122 Å². The van der Waals surface area contributed by atoms with Gasteiger partial charge in [-0.3, -0.25) is 0 Å². The SMILES string of the molecule is CCn1cc(S(=O)(=O)N(CC(C)C)C(C)C)cc1CO. The van der Waals surface area contributed by atoms with Gasteiger partial charge in [-0.2, -0.15) is 4.31 Å². The van der Waals surface area contributed by atoms with Crippen LogP contribution in [0, 0.1) is 5.92 Å². The first-order valence-corrected chi connectivity index (χ1v) is 8.49. The Morgan fingerprint density at radius 3 is 2.25 bits per heavy atom. The minimum atomic E-state index is -3.52. The number of aromatic nitrogens is 1. The first-order valence-electron chi connectivity index (χ1n) is 7.05. The van der Waals surface area contributed by atoms with Crippen LogP contribution in [-0.2, 0) is 23.2 Å². The van der Waals surface area contributed by atoms with Crippen molar-refractivity contribution in [3.8, 4) is 0 Å². The standard InChI is InChI=1S/C14H26N2O3S/c1-6-15-9-14(7-13(15)10-17)20(18,19)16(12(4)5)8-11(2)3/h7,9,11-12,17H,6,8,10H2,1-5H3. The van der Waals surface area contributed by atoms with Crippen LogP contribution < -0.4 is 0 Å². The van der Waals surface area contributed by atoms with Crippen molar-refractivity contribution in [2.24, 2.45) is 5.92 Å². The molecular weight excluding hydrogens is 276 g/mol. The van der Waals surface area contributed by atoms with Crippen LogP contribution in [0.2, 0.25) is 0 Å². The van der Waals surface area contributed by atoms with Gasteiger partial charge in [0, 0.05) is 31.0 Å². The summed E-state index contributed by atoms with van der Waals surface area (Å²) in [6, 6.07) is 1.47. The average Bonchev–Trinajstić information content (AvgIpc) is 2.79. The van der Waals surface area contributed by atoms with Crippen LogP contribution in [0.4, 0.5) is 0 Å². The molecule has 5 nitrogen and oxygen atoms in total. The van der Waals surface area contributed by atoms with Gasteiger partial charge in [0.2, 0.25) is 10.0 Å². The second-order valence-corrected chi connectivity index (χ2v) is 7.56. The lowest BCUT2D eigenvalue weighted by atomic mass is 10.2. The van der Waals surface area contributed by atoms with E-state index in [1.54, 1.807) is 16.8 Å². The molecule has 0 aliphatic rings. The summed E-state index contributed by atoms with van der Waals surface area (Å²) in [6.07, 6.45) is 1.61. The van der Waals surface area contributed by atoms with Crippen LogP contribution in [0.25, 0.3) is 0 Å². The third-order valence-electron chi connectivity index (χ3n) is 3.19. The van der Waals surface area contributed by atoms with Crippen LogP contribution in [0.3, 0.4) is 0 Å². The molecule has 1 heterocycles. The first kappa shape index (κ1) is 17.2. The van der Waals surface area contributed by atoms with Gasteiger partial charge in [0.05, 0.1) is 6.61 Å². The van der Waals surface area contributed by atoms with Crippen LogP contribution in [-0.4, -0.2) is 35.0 Å². The number of hydrogen-bond acceptors (Lipinski definition) is 3. The summed E-state index contributed by atoms with van der Waals surface area (Å²) in [4.78, 5) is 0.262. The fourth-order valence-electron chi connectivity index (χ4n) is 2.17. The van der Waals surface area contributed by atoms with E-state index in [2.05, 4.69) is 0 Å². The molecule has 0 saturated carbocycles. The van der Waals surface area contributed by atoms with Crippen molar-refractivity contribution in [1.29, 1.82) is 0 Å². The minimum Gasteiger partial charge on any atom is -0.390 e. The minimum absolute atomic E-state index is 0.0926. The zero-order valence-corrected chi connectivity index (χ0v) is 13.8. The highest BCUT2D eigenvalue weighted by Gasteiger charge is 2.29. The average molecular weight is 302 g/mol. The Morgan fingerprint density at radius 2 is 1.90 bits per heavy atom. The number of rotatable bonds is 7. The molecule has 1 N–H and O–H groups in total. The van der Waals surface area contributed by atoms with E-state index in [1.807, 2.05) is 34.6 Å². The van der Waals surface area contributed by atoms with E-state index in [0.29, 0.717) is 18.8 Å². The van der Waals surface area contributed by atoms with Gasteiger partial charge in [-0.1, -0.05) is 13.8 Å². The lowest BCUT2D eigenvalue weighted by molar-refractivity contribution is 0.271. The van der Waals surface area contributed by atoms with Crippen LogP contribution >= 0.6 is 0 Å². The maximum absolute atomic E-state index is 12.7. The van der Waals surface area contributed by atoms with Crippen molar-refractivity contribution in [2.45, 2.75) is 58.7 Å². The van der Waals surface area contributed by atoms with Crippen molar-refractivity contribution in [1.82, 2.24) is 8.87 Å². The van der Waals surface area contributed by atoms with E-state index in [9.17, 15) is 13.5 Å². The van der Waals surface area contributed by atoms with Gasteiger partial charge < -0.3 is 9.67 Å². The van der Waals surface area contributed by atoms with E-state index in [4.69, 9.17) is 0 Å². The van der Waals surface area contributed by atoms with Gasteiger partial charge in [0.1, 0.15) is 4.90 Å². The van der Waals surface area contributed by atoms with Crippen LogP contribution in [0.5, 0.6) is 0 Å². The zero-order valence-electron chi connectivity index (χ0n) is 13.0. The molecule has 0 unspecified atom stereocenters. The Bertz CT molecular complexity index is 511. The molecule has 116 valence electrons. The lowest BCUT2D eigenvalue weighted by Crippen LogP contribution is -2.39. The number of aryl methyl sites for hydroxylation is 1. The van der Waals surface area contributed by atoms with Crippen molar-refractivity contribution in [3.05, 3.63) is 18.0 Å². The zero-order chi connectivity index (χ0) is 15.5. The van der Waals surface area contributed by atoms with Gasteiger partial charge in [0.15, 0.2) is 0 Å². The fraction of sp³-hybridized carbons (Fsp3) is 0.714. The van der Waals surface area contributed by atoms with Crippen molar-refractivity contribution >= 4 is 10.0 Å². The molecule has 0 spiro atoms. The molecule has 0 aliphatic carbocycles. The van der Waals surface area contributed by atoms with E-state index in [1.165, 1.54) is 4.31 Å². The summed E-state index contributed by atoms with van der Waals surface area (Å²) >= 11 is 0. The topological polar surface area (TPSA) is 62.5 Å². The molecule has 0 bridgehead atoms. The van der Waals surface area contributed by atoms with Crippen LogP contribution in [0.15, 0.2) is 17.2 Å². The van der Waals surface area contributed by atoms with Crippen molar-refractivity contribution in [2.75, 3.05) is 6.54 Å². The van der Waals surface area contributed by atoms with Gasteiger partial charge in [-0.05, 0) is 32.8 Å². The summed E-state index contributed by atoms with van der Waals surface area (Å²) in [5.41, 5.74) is 0.624. The molecule has 20 heavy (non-hydrogen) atoms. The highest BCUT2D eigenvalue weighted by atomic mass is 32.2. The van der Waals surface area contributed by atoms with E-state index in [-0.39, 0.29) is 23.5 Å². The Morgan fingerprint density at radius 1 is 1.30 bits per heavy atom. The molecule has 1 rings (SSSR count). The molecule has 0 radical (unpaired) electrons. The van der Waals surface area contributed by atoms with E-state index in [0.717, 1.165) is 0 Å². The maximum Gasteiger partial charge on any atom is 0.244 e. The molecule has 0 atom stereocenters. The maximum atomic E-state index is 12.7. The Kier molecular flexibility index (Phi) is 5.79. The normalized spacial score (nSPS) is 12.8. The highest BCUT2D eigenvalue weighted by molar-refractivity contribution is 7.89. The number of sulfonamides is 1. The lowest BCUT2D eigenvalue weighted by Gasteiger charge is -2.27. The second kappa shape index (κ2) is 6.74. The molecule has 0 aliphatic heterocycles. The van der Waals surface area contributed by atoms with E-state index >= 15 is 0 Å². The third-order valence-corrected chi connectivity index (χ3v) is 5.20. The monoisotopic (exact) mass is 302 g/mol. The second-order valence-electron chi connectivity index (χ2n) is 5.67. The largest absolute Gasteiger partial charge is 0.390 e. The van der Waals surface area contributed by atoms with Gasteiger partial charge in [-0.15, -0.1) is 0 Å². The number of aliphatic hydroxyl groups is 1. The Balaban J connectivity index is 3.22. The summed E-state index contributed by atoms with van der Waals surface area (Å²) < 4.78 is 28.8. The molecule has 1 aromatic rings. The summed E-state index contributed by atoms with van der Waals surface area (Å²) in [5, 5.41) is 9.29. The van der Waals surface area contributed by atoms with Crippen LogP contribution in [0.1, 0.15) is 40.3 Å². The molecule has 6 heteroatoms. The predicted octanol–water partition coefficient (Wildman–Crippen LogP) is 2.06. The third kappa shape index (κ3) is 3.62. The first-order chi connectivity index (χ1) is 9.23. The quantitative estimate of drug-likeness (QED) is 0.838. The molecule has 0 fully saturated rings. The van der Waals surface area contributed by atoms with Crippen molar-refractivity contribution < 1.29 is 13.5 Å². The van der Waals surface area contributed by atoms with Gasteiger partial charge in [-0.25, -0.2) is 8.42 Å². The van der Waals surface area contributed by atoms with E-state index < -0.39 is 10.0 Å². The molecule has 0 aromatic carbocycles. The summed E-state index contributed by atoms with van der Waals surface area (Å²) in [6.45, 7) is 10.7. The number of nitrogens with zero attached hydrogens (tertiary/aromatic N) is 2. The number of hydrogen-bond donors (Lipinski definition) is 1. The van der Waals surface area contributed by atoms with Gasteiger partial charge in [0.25, 0.3) is 0 Å². The summed E-state index contributed by atoms with van der Waals surface area (Å²) in [7, 11) is -3.52.